The van der Waals surface area contributed by atoms with Gasteiger partial charge in [0.2, 0.25) is 0 Å². The second-order valence-electron chi connectivity index (χ2n) is 4.49. The van der Waals surface area contributed by atoms with Gasteiger partial charge in [-0.15, -0.1) is 0 Å². The zero-order chi connectivity index (χ0) is 13.8. The number of ether oxygens (including phenoxy) is 1. The average Bonchev–Trinajstić information content (AvgIpc) is 2.79. The Labute approximate surface area is 112 Å². The smallest absolute Gasteiger partial charge is 0.167 e. The van der Waals surface area contributed by atoms with Crippen molar-refractivity contribution in [1.82, 2.24) is 9.78 Å². The summed E-state index contributed by atoms with van der Waals surface area (Å²) in [7, 11) is 0. The fourth-order valence-corrected chi connectivity index (χ4v) is 1.86. The van der Waals surface area contributed by atoms with E-state index in [0.717, 1.165) is 13.0 Å². The molecule has 2 aromatic rings. The molecule has 5 heteroatoms. The van der Waals surface area contributed by atoms with Crippen molar-refractivity contribution in [2.75, 3.05) is 0 Å². The van der Waals surface area contributed by atoms with Gasteiger partial charge in [-0.25, -0.2) is 4.39 Å². The lowest BCUT2D eigenvalue weighted by Crippen LogP contribution is -2.07. The van der Waals surface area contributed by atoms with Crippen molar-refractivity contribution in [1.29, 1.82) is 0 Å². The highest BCUT2D eigenvalue weighted by molar-refractivity contribution is 5.39. The van der Waals surface area contributed by atoms with Crippen molar-refractivity contribution in [2.24, 2.45) is 5.73 Å². The van der Waals surface area contributed by atoms with E-state index in [4.69, 9.17) is 10.5 Å². The lowest BCUT2D eigenvalue weighted by Gasteiger charge is -2.13. The Hall–Kier alpha value is -1.88. The highest BCUT2D eigenvalue weighted by Gasteiger charge is 2.14. The van der Waals surface area contributed by atoms with Crippen molar-refractivity contribution < 1.29 is 9.13 Å². The molecule has 0 saturated heterocycles. The first-order valence-electron chi connectivity index (χ1n) is 6.36. The van der Waals surface area contributed by atoms with Gasteiger partial charge in [0.1, 0.15) is 0 Å². The molecular formula is C14H18FN3O. The molecule has 2 N–H and O–H groups in total. The minimum atomic E-state index is -0.418. The van der Waals surface area contributed by atoms with Gasteiger partial charge >= 0.3 is 0 Å². The molecule has 0 bridgehead atoms. The van der Waals surface area contributed by atoms with Crippen LogP contribution in [0.1, 0.15) is 31.9 Å². The summed E-state index contributed by atoms with van der Waals surface area (Å²) in [4.78, 5) is 0. The van der Waals surface area contributed by atoms with Crippen LogP contribution in [0.3, 0.4) is 0 Å². The first kappa shape index (κ1) is 13.5. The number of halogens is 1. The number of hydrogen-bond donors (Lipinski definition) is 1. The Morgan fingerprint density at radius 2 is 2.26 bits per heavy atom. The maximum absolute atomic E-state index is 13.8. The molecule has 2 rings (SSSR count). The molecule has 0 spiro atoms. The fourth-order valence-electron chi connectivity index (χ4n) is 1.86. The fraction of sp³-hybridized carbons (Fsp3) is 0.357. The van der Waals surface area contributed by atoms with Crippen LogP contribution in [0, 0.1) is 5.82 Å². The van der Waals surface area contributed by atoms with E-state index in [1.54, 1.807) is 36.1 Å². The molecule has 1 aromatic carbocycles. The number of hydrogen-bond acceptors (Lipinski definition) is 3. The maximum atomic E-state index is 13.8. The molecule has 0 saturated carbocycles. The first-order valence-corrected chi connectivity index (χ1v) is 6.36. The first-order chi connectivity index (χ1) is 9.11. The van der Waals surface area contributed by atoms with Gasteiger partial charge in [0.25, 0.3) is 0 Å². The largest absolute Gasteiger partial charge is 0.451 e. The Morgan fingerprint density at radius 3 is 2.95 bits per heavy atom. The molecule has 0 radical (unpaired) electrons. The van der Waals surface area contributed by atoms with Crippen LogP contribution >= 0.6 is 0 Å². The maximum Gasteiger partial charge on any atom is 0.167 e. The third-order valence-electron chi connectivity index (χ3n) is 2.77. The summed E-state index contributed by atoms with van der Waals surface area (Å²) in [6.45, 7) is 4.66. The average molecular weight is 263 g/mol. The summed E-state index contributed by atoms with van der Waals surface area (Å²) in [6.07, 6.45) is 4.31. The topological polar surface area (TPSA) is 53.1 Å². The highest BCUT2D eigenvalue weighted by Crippen LogP contribution is 2.31. The zero-order valence-electron chi connectivity index (χ0n) is 11.1. The summed E-state index contributed by atoms with van der Waals surface area (Å²) in [6, 6.07) is 4.45. The molecule has 19 heavy (non-hydrogen) atoms. The molecule has 0 aliphatic carbocycles. The van der Waals surface area contributed by atoms with E-state index < -0.39 is 5.82 Å². The number of para-hydroxylation sites is 1. The molecule has 102 valence electrons. The van der Waals surface area contributed by atoms with Crippen LogP contribution in [-0.2, 0) is 6.54 Å². The Morgan fingerprint density at radius 1 is 1.47 bits per heavy atom. The lowest BCUT2D eigenvalue weighted by atomic mass is 10.1. The van der Waals surface area contributed by atoms with Crippen molar-refractivity contribution in [3.63, 3.8) is 0 Å². The van der Waals surface area contributed by atoms with Crippen molar-refractivity contribution >= 4 is 0 Å². The summed E-state index contributed by atoms with van der Waals surface area (Å²) < 4.78 is 21.2. The molecule has 0 aliphatic rings. The Bertz CT molecular complexity index is 551. The molecule has 4 nitrogen and oxygen atoms in total. The molecule has 0 aliphatic heterocycles. The Kier molecular flexibility index (Phi) is 4.16. The molecule has 1 atom stereocenters. The van der Waals surface area contributed by atoms with Gasteiger partial charge in [0.05, 0.1) is 12.4 Å². The van der Waals surface area contributed by atoms with Crippen LogP contribution in [0.25, 0.3) is 0 Å². The normalized spacial score (nSPS) is 12.4. The third-order valence-corrected chi connectivity index (χ3v) is 2.77. The van der Waals surface area contributed by atoms with E-state index >= 15 is 0 Å². The SMILES string of the molecule is CCCn1cc(Oc2c(F)cccc2C(C)N)cn1. The van der Waals surface area contributed by atoms with E-state index in [1.165, 1.54) is 6.07 Å². The van der Waals surface area contributed by atoms with Crippen LogP contribution in [0.2, 0.25) is 0 Å². The Balaban J connectivity index is 2.26. The van der Waals surface area contributed by atoms with Crippen LogP contribution in [0.5, 0.6) is 11.5 Å². The third kappa shape index (κ3) is 3.12. The van der Waals surface area contributed by atoms with Crippen molar-refractivity contribution in [3.8, 4) is 11.5 Å². The van der Waals surface area contributed by atoms with Crippen molar-refractivity contribution in [2.45, 2.75) is 32.9 Å². The van der Waals surface area contributed by atoms with Crippen LogP contribution in [-0.4, -0.2) is 9.78 Å². The number of benzene rings is 1. The van der Waals surface area contributed by atoms with E-state index in [1.807, 2.05) is 0 Å². The van der Waals surface area contributed by atoms with Crippen LogP contribution in [0.4, 0.5) is 4.39 Å². The van der Waals surface area contributed by atoms with Crippen LogP contribution in [0.15, 0.2) is 30.6 Å². The second-order valence-corrected chi connectivity index (χ2v) is 4.49. The molecular weight excluding hydrogens is 245 g/mol. The molecule has 1 aromatic heterocycles. The predicted octanol–water partition coefficient (Wildman–Crippen LogP) is 3.24. The predicted molar refractivity (Wildman–Crippen MR) is 71.6 cm³/mol. The van der Waals surface area contributed by atoms with Gasteiger partial charge in [0, 0.05) is 18.2 Å². The standard InChI is InChI=1S/C14H18FN3O/c1-3-7-18-9-11(8-17-18)19-14-12(10(2)16)5-4-6-13(14)15/h4-6,8-10H,3,7,16H2,1-2H3. The number of aromatic nitrogens is 2. The summed E-state index contributed by atoms with van der Waals surface area (Å²) in [5, 5.41) is 4.14. The molecule has 1 unspecified atom stereocenters. The minimum Gasteiger partial charge on any atom is -0.451 e. The van der Waals surface area contributed by atoms with Gasteiger partial charge in [0.15, 0.2) is 17.3 Å². The van der Waals surface area contributed by atoms with E-state index in [-0.39, 0.29) is 11.8 Å². The van der Waals surface area contributed by atoms with Gasteiger partial charge in [-0.05, 0) is 19.4 Å². The summed E-state index contributed by atoms with van der Waals surface area (Å²) >= 11 is 0. The number of rotatable bonds is 5. The van der Waals surface area contributed by atoms with Gasteiger partial charge in [-0.1, -0.05) is 19.1 Å². The van der Waals surface area contributed by atoms with Gasteiger partial charge in [-0.3, -0.25) is 4.68 Å². The number of aryl methyl sites for hydroxylation is 1. The van der Waals surface area contributed by atoms with E-state index in [9.17, 15) is 4.39 Å². The van der Waals surface area contributed by atoms with E-state index in [0.29, 0.717) is 11.3 Å². The monoisotopic (exact) mass is 263 g/mol. The molecule has 1 heterocycles. The summed E-state index contributed by atoms with van der Waals surface area (Å²) in [5.41, 5.74) is 6.46. The zero-order valence-corrected chi connectivity index (χ0v) is 11.1. The second kappa shape index (κ2) is 5.84. The van der Waals surface area contributed by atoms with Gasteiger partial charge < -0.3 is 10.5 Å². The minimum absolute atomic E-state index is 0.175. The van der Waals surface area contributed by atoms with E-state index in [2.05, 4.69) is 12.0 Å². The lowest BCUT2D eigenvalue weighted by molar-refractivity contribution is 0.431. The molecule has 0 amide bonds. The van der Waals surface area contributed by atoms with Crippen LogP contribution < -0.4 is 10.5 Å². The number of nitrogens with zero attached hydrogens (tertiary/aromatic N) is 2. The van der Waals surface area contributed by atoms with Crippen molar-refractivity contribution in [3.05, 3.63) is 42.0 Å². The summed E-state index contributed by atoms with van der Waals surface area (Å²) in [5.74, 6) is 0.270. The quantitative estimate of drug-likeness (QED) is 0.901. The highest BCUT2D eigenvalue weighted by atomic mass is 19.1. The molecule has 0 fully saturated rings. The van der Waals surface area contributed by atoms with Gasteiger partial charge in [-0.2, -0.15) is 5.10 Å². The number of nitrogens with two attached hydrogens (primary N) is 1.